The molecule has 0 radical (unpaired) electrons. The first kappa shape index (κ1) is 10.3. The van der Waals surface area contributed by atoms with Crippen molar-refractivity contribution in [3.63, 3.8) is 0 Å². The summed E-state index contributed by atoms with van der Waals surface area (Å²) in [7, 11) is 3.46. The first-order chi connectivity index (χ1) is 5.80. The maximum atomic E-state index is 10.9. The number of nitrogens with two attached hydrogens (primary N) is 1. The molecule has 1 saturated heterocycles. The SMILES string of the molecule is NC(=O)C1CCCCCCSS1. The number of hydrogen-bond donors (Lipinski definition) is 1. The minimum atomic E-state index is -0.144. The Kier molecular flexibility index (Phi) is 4.92. The normalized spacial score (nSPS) is 26.8. The Balaban J connectivity index is 2.33. The Morgan fingerprint density at radius 2 is 2.00 bits per heavy atom. The summed E-state index contributed by atoms with van der Waals surface area (Å²) >= 11 is 0. The van der Waals surface area contributed by atoms with E-state index in [4.69, 9.17) is 5.73 Å². The lowest BCUT2D eigenvalue weighted by molar-refractivity contribution is -0.117. The molecule has 1 heterocycles. The van der Waals surface area contributed by atoms with Crippen LogP contribution in [0.2, 0.25) is 0 Å². The van der Waals surface area contributed by atoms with Crippen LogP contribution in [0.3, 0.4) is 0 Å². The van der Waals surface area contributed by atoms with Gasteiger partial charge in [0.15, 0.2) is 0 Å². The minimum Gasteiger partial charge on any atom is -0.369 e. The van der Waals surface area contributed by atoms with Gasteiger partial charge in [0, 0.05) is 5.75 Å². The van der Waals surface area contributed by atoms with Gasteiger partial charge in [-0.2, -0.15) is 0 Å². The lowest BCUT2D eigenvalue weighted by atomic mass is 10.1. The predicted octanol–water partition coefficient (Wildman–Crippen LogP) is 2.19. The number of primary amides is 1. The van der Waals surface area contributed by atoms with E-state index in [9.17, 15) is 4.79 Å². The molecule has 0 saturated carbocycles. The van der Waals surface area contributed by atoms with Crippen LogP contribution in [0.15, 0.2) is 0 Å². The highest BCUT2D eigenvalue weighted by Gasteiger charge is 2.16. The Bertz CT molecular complexity index is 142. The third-order valence-electron chi connectivity index (χ3n) is 1.95. The van der Waals surface area contributed by atoms with E-state index in [1.54, 1.807) is 21.6 Å². The van der Waals surface area contributed by atoms with Crippen LogP contribution in [0.1, 0.15) is 32.1 Å². The number of carbonyl (C=O) groups is 1. The molecule has 2 N–H and O–H groups in total. The van der Waals surface area contributed by atoms with Crippen LogP contribution in [0.4, 0.5) is 0 Å². The molecule has 0 aromatic carbocycles. The fourth-order valence-corrected chi connectivity index (χ4v) is 3.86. The van der Waals surface area contributed by atoms with E-state index in [1.165, 1.54) is 19.3 Å². The van der Waals surface area contributed by atoms with Gasteiger partial charge in [-0.3, -0.25) is 4.79 Å². The molecule has 70 valence electrons. The van der Waals surface area contributed by atoms with Gasteiger partial charge in [0.25, 0.3) is 0 Å². The molecule has 4 heteroatoms. The fraction of sp³-hybridized carbons (Fsp3) is 0.875. The summed E-state index contributed by atoms with van der Waals surface area (Å²) in [5.41, 5.74) is 5.27. The van der Waals surface area contributed by atoms with Gasteiger partial charge in [-0.15, -0.1) is 0 Å². The zero-order chi connectivity index (χ0) is 8.81. The second kappa shape index (κ2) is 5.75. The maximum Gasteiger partial charge on any atom is 0.231 e. The molecule has 1 amide bonds. The van der Waals surface area contributed by atoms with Crippen molar-refractivity contribution < 1.29 is 4.79 Å². The molecule has 1 unspecified atom stereocenters. The third-order valence-corrected chi connectivity index (χ3v) is 4.84. The Morgan fingerprint density at radius 3 is 2.75 bits per heavy atom. The molecule has 1 rings (SSSR count). The lowest BCUT2D eigenvalue weighted by Gasteiger charge is -2.09. The van der Waals surface area contributed by atoms with Crippen molar-refractivity contribution in [2.75, 3.05) is 5.75 Å². The molecular formula is C8H15NOS2. The van der Waals surface area contributed by atoms with Crippen LogP contribution in [0.25, 0.3) is 0 Å². The van der Waals surface area contributed by atoms with Crippen molar-refractivity contribution in [1.82, 2.24) is 0 Å². The third kappa shape index (κ3) is 3.72. The number of hydrogen-bond acceptors (Lipinski definition) is 3. The van der Waals surface area contributed by atoms with Gasteiger partial charge >= 0.3 is 0 Å². The molecule has 0 aliphatic carbocycles. The van der Waals surface area contributed by atoms with Crippen molar-refractivity contribution in [2.45, 2.75) is 37.4 Å². The van der Waals surface area contributed by atoms with Gasteiger partial charge < -0.3 is 5.73 Å². The largest absolute Gasteiger partial charge is 0.369 e. The summed E-state index contributed by atoms with van der Waals surface area (Å²) in [6, 6.07) is 0. The zero-order valence-electron chi connectivity index (χ0n) is 7.12. The molecule has 1 fully saturated rings. The Morgan fingerprint density at radius 1 is 1.25 bits per heavy atom. The van der Waals surface area contributed by atoms with Crippen LogP contribution >= 0.6 is 21.6 Å². The summed E-state index contributed by atoms with van der Waals surface area (Å²) in [6.45, 7) is 0. The minimum absolute atomic E-state index is 0.0492. The van der Waals surface area contributed by atoms with E-state index >= 15 is 0 Å². The molecular weight excluding hydrogens is 190 g/mol. The summed E-state index contributed by atoms with van der Waals surface area (Å²) in [6.07, 6.45) is 5.96. The van der Waals surface area contributed by atoms with E-state index in [-0.39, 0.29) is 11.2 Å². The zero-order valence-corrected chi connectivity index (χ0v) is 8.76. The van der Waals surface area contributed by atoms with E-state index in [1.807, 2.05) is 0 Å². The number of amides is 1. The predicted molar refractivity (Wildman–Crippen MR) is 56.1 cm³/mol. The van der Waals surface area contributed by atoms with Crippen LogP contribution in [0.5, 0.6) is 0 Å². The molecule has 0 spiro atoms. The van der Waals surface area contributed by atoms with Crippen molar-refractivity contribution in [2.24, 2.45) is 5.73 Å². The average Bonchev–Trinajstić information content (AvgIpc) is 2.15. The first-order valence-electron chi connectivity index (χ1n) is 4.38. The highest BCUT2D eigenvalue weighted by atomic mass is 33.1. The number of rotatable bonds is 1. The van der Waals surface area contributed by atoms with Gasteiger partial charge in [0.1, 0.15) is 0 Å². The molecule has 2 nitrogen and oxygen atoms in total. The summed E-state index contributed by atoms with van der Waals surface area (Å²) in [4.78, 5) is 10.9. The van der Waals surface area contributed by atoms with Crippen LogP contribution in [-0.4, -0.2) is 16.9 Å². The Labute approximate surface area is 81.4 Å². The average molecular weight is 205 g/mol. The quantitative estimate of drug-likeness (QED) is 0.667. The molecule has 0 bridgehead atoms. The molecule has 1 atom stereocenters. The fourth-order valence-electron chi connectivity index (χ4n) is 1.21. The molecule has 0 aromatic rings. The van der Waals surface area contributed by atoms with Crippen molar-refractivity contribution in [1.29, 1.82) is 0 Å². The molecule has 12 heavy (non-hydrogen) atoms. The summed E-state index contributed by atoms with van der Waals surface area (Å²) < 4.78 is 0. The van der Waals surface area contributed by atoms with Crippen LogP contribution in [-0.2, 0) is 4.79 Å². The lowest BCUT2D eigenvalue weighted by Crippen LogP contribution is -2.24. The highest BCUT2D eigenvalue weighted by Crippen LogP contribution is 2.32. The van der Waals surface area contributed by atoms with E-state index < -0.39 is 0 Å². The molecule has 1 aliphatic heterocycles. The summed E-state index contributed by atoms with van der Waals surface area (Å²) in [5.74, 6) is 1.02. The van der Waals surface area contributed by atoms with Gasteiger partial charge in [0.2, 0.25) is 5.91 Å². The second-order valence-electron chi connectivity index (χ2n) is 3.01. The molecule has 1 aliphatic rings. The smallest absolute Gasteiger partial charge is 0.231 e. The molecule has 0 aromatic heterocycles. The van der Waals surface area contributed by atoms with Gasteiger partial charge in [-0.1, -0.05) is 40.9 Å². The number of carbonyl (C=O) groups excluding carboxylic acids is 1. The summed E-state index contributed by atoms with van der Waals surface area (Å²) in [5, 5.41) is 0.0492. The van der Waals surface area contributed by atoms with E-state index in [0.29, 0.717) is 0 Å². The van der Waals surface area contributed by atoms with Crippen molar-refractivity contribution in [3.8, 4) is 0 Å². The van der Waals surface area contributed by atoms with E-state index in [2.05, 4.69) is 0 Å². The monoisotopic (exact) mass is 205 g/mol. The van der Waals surface area contributed by atoms with Crippen molar-refractivity contribution >= 4 is 27.5 Å². The first-order valence-corrected chi connectivity index (χ1v) is 6.76. The Hall–Kier alpha value is 0.170. The van der Waals surface area contributed by atoms with Gasteiger partial charge in [-0.05, 0) is 12.8 Å². The topological polar surface area (TPSA) is 43.1 Å². The second-order valence-corrected chi connectivity index (χ2v) is 5.70. The van der Waals surface area contributed by atoms with Crippen molar-refractivity contribution in [3.05, 3.63) is 0 Å². The maximum absolute atomic E-state index is 10.9. The van der Waals surface area contributed by atoms with Crippen LogP contribution in [0, 0.1) is 0 Å². The van der Waals surface area contributed by atoms with E-state index in [0.717, 1.165) is 18.6 Å². The van der Waals surface area contributed by atoms with Crippen LogP contribution < -0.4 is 5.73 Å². The van der Waals surface area contributed by atoms with Gasteiger partial charge in [-0.25, -0.2) is 0 Å². The highest BCUT2D eigenvalue weighted by molar-refractivity contribution is 8.77. The standard InChI is InChI=1S/C8H15NOS2/c9-8(10)7-5-3-1-2-4-6-11-12-7/h7H,1-6H2,(H2,9,10). The van der Waals surface area contributed by atoms with Gasteiger partial charge in [0.05, 0.1) is 5.25 Å².